The van der Waals surface area contributed by atoms with Gasteiger partial charge >= 0.3 is 0 Å². The van der Waals surface area contributed by atoms with Crippen LogP contribution >= 0.6 is 11.8 Å². The molecule has 1 saturated heterocycles. The van der Waals surface area contributed by atoms with E-state index in [1.54, 1.807) is 11.8 Å². The first-order valence-corrected chi connectivity index (χ1v) is 10.3. The molecule has 2 aromatic carbocycles. The molecule has 0 spiro atoms. The smallest absolute Gasteiger partial charge is 0.251 e. The van der Waals surface area contributed by atoms with Crippen molar-refractivity contribution in [1.82, 2.24) is 10.2 Å². The standard InChI is InChI=1S/C21H26N2OS/c1-25-16-19-8-10-20(11-9-19)21(24)22-14-17-4-6-18(7-5-17)15-23-12-2-3-13-23/h4-11H,2-3,12-16H2,1H3,(H,22,24). The summed E-state index contributed by atoms with van der Waals surface area (Å²) < 4.78 is 0. The molecule has 0 saturated carbocycles. The predicted octanol–water partition coefficient (Wildman–Crippen LogP) is 4.08. The molecule has 0 unspecified atom stereocenters. The average Bonchev–Trinajstić information content (AvgIpc) is 3.15. The van der Waals surface area contributed by atoms with Crippen LogP contribution in [-0.4, -0.2) is 30.2 Å². The van der Waals surface area contributed by atoms with Gasteiger partial charge in [0.2, 0.25) is 0 Å². The molecule has 3 rings (SSSR count). The fourth-order valence-corrected chi connectivity index (χ4v) is 3.69. The third-order valence-electron chi connectivity index (χ3n) is 4.61. The van der Waals surface area contributed by atoms with Gasteiger partial charge in [0.1, 0.15) is 0 Å². The summed E-state index contributed by atoms with van der Waals surface area (Å²) in [7, 11) is 0. The summed E-state index contributed by atoms with van der Waals surface area (Å²) in [6.07, 6.45) is 4.72. The Hall–Kier alpha value is -1.78. The SMILES string of the molecule is CSCc1ccc(C(=O)NCc2ccc(CN3CCCC3)cc2)cc1. The van der Waals surface area contributed by atoms with Crippen molar-refractivity contribution in [3.63, 3.8) is 0 Å². The molecule has 132 valence electrons. The van der Waals surface area contributed by atoms with E-state index in [4.69, 9.17) is 0 Å². The summed E-state index contributed by atoms with van der Waals surface area (Å²) in [4.78, 5) is 14.8. The average molecular weight is 355 g/mol. The fourth-order valence-electron chi connectivity index (χ4n) is 3.16. The molecule has 0 aromatic heterocycles. The number of hydrogen-bond donors (Lipinski definition) is 1. The summed E-state index contributed by atoms with van der Waals surface area (Å²) in [5, 5.41) is 3.00. The number of benzene rings is 2. The van der Waals surface area contributed by atoms with E-state index in [0.29, 0.717) is 6.54 Å². The van der Waals surface area contributed by atoms with Gasteiger partial charge in [-0.2, -0.15) is 11.8 Å². The van der Waals surface area contributed by atoms with Gasteiger partial charge in [0.15, 0.2) is 0 Å². The molecule has 25 heavy (non-hydrogen) atoms. The molecule has 0 atom stereocenters. The maximum atomic E-state index is 12.3. The van der Waals surface area contributed by atoms with Gasteiger partial charge in [0.25, 0.3) is 5.91 Å². The van der Waals surface area contributed by atoms with Crippen LogP contribution in [0.4, 0.5) is 0 Å². The number of likely N-dealkylation sites (tertiary alicyclic amines) is 1. The molecular weight excluding hydrogens is 328 g/mol. The molecule has 0 aliphatic carbocycles. The van der Waals surface area contributed by atoms with Crippen LogP contribution in [0.25, 0.3) is 0 Å². The van der Waals surface area contributed by atoms with Gasteiger partial charge in [0, 0.05) is 24.4 Å². The van der Waals surface area contributed by atoms with E-state index < -0.39 is 0 Å². The van der Waals surface area contributed by atoms with Gasteiger partial charge in [-0.3, -0.25) is 9.69 Å². The number of carbonyl (C=O) groups is 1. The minimum Gasteiger partial charge on any atom is -0.348 e. The van der Waals surface area contributed by atoms with Gasteiger partial charge < -0.3 is 5.32 Å². The zero-order valence-corrected chi connectivity index (χ0v) is 15.6. The number of thioether (sulfide) groups is 1. The van der Waals surface area contributed by atoms with E-state index in [1.165, 1.54) is 37.1 Å². The van der Waals surface area contributed by atoms with Crippen molar-refractivity contribution in [2.45, 2.75) is 31.7 Å². The monoisotopic (exact) mass is 354 g/mol. The van der Waals surface area contributed by atoms with Gasteiger partial charge in [-0.25, -0.2) is 0 Å². The summed E-state index contributed by atoms with van der Waals surface area (Å²) >= 11 is 1.78. The van der Waals surface area contributed by atoms with E-state index in [9.17, 15) is 4.79 Å². The Bertz CT molecular complexity index is 676. The number of nitrogens with one attached hydrogen (secondary N) is 1. The molecule has 1 aliphatic heterocycles. The Morgan fingerprint density at radius 3 is 2.20 bits per heavy atom. The van der Waals surface area contributed by atoms with E-state index >= 15 is 0 Å². The molecule has 1 N–H and O–H groups in total. The van der Waals surface area contributed by atoms with Crippen LogP contribution in [0.15, 0.2) is 48.5 Å². The third-order valence-corrected chi connectivity index (χ3v) is 5.23. The van der Waals surface area contributed by atoms with Crippen molar-refractivity contribution < 1.29 is 4.79 Å². The second-order valence-electron chi connectivity index (χ2n) is 6.61. The van der Waals surface area contributed by atoms with Crippen molar-refractivity contribution in [1.29, 1.82) is 0 Å². The maximum Gasteiger partial charge on any atom is 0.251 e. The molecule has 1 fully saturated rings. The molecule has 3 nitrogen and oxygen atoms in total. The largest absolute Gasteiger partial charge is 0.348 e. The van der Waals surface area contributed by atoms with E-state index in [2.05, 4.69) is 40.7 Å². The lowest BCUT2D eigenvalue weighted by molar-refractivity contribution is 0.0951. The first kappa shape index (κ1) is 18.0. The van der Waals surface area contributed by atoms with Gasteiger partial charge in [0.05, 0.1) is 0 Å². The predicted molar refractivity (Wildman–Crippen MR) is 106 cm³/mol. The lowest BCUT2D eigenvalue weighted by Gasteiger charge is -2.14. The van der Waals surface area contributed by atoms with Crippen molar-refractivity contribution in [2.75, 3.05) is 19.3 Å². The molecule has 1 heterocycles. The van der Waals surface area contributed by atoms with Crippen LogP contribution in [-0.2, 0) is 18.8 Å². The van der Waals surface area contributed by atoms with Gasteiger partial charge in [-0.1, -0.05) is 36.4 Å². The first-order valence-electron chi connectivity index (χ1n) is 8.91. The Morgan fingerprint density at radius 2 is 1.56 bits per heavy atom. The van der Waals surface area contributed by atoms with E-state index in [-0.39, 0.29) is 5.91 Å². The van der Waals surface area contributed by atoms with Crippen LogP contribution < -0.4 is 5.32 Å². The number of carbonyl (C=O) groups excluding carboxylic acids is 1. The Labute approximate surface area is 154 Å². The second-order valence-corrected chi connectivity index (χ2v) is 7.48. The summed E-state index contributed by atoms with van der Waals surface area (Å²) in [5.74, 6) is 0.961. The zero-order chi connectivity index (χ0) is 17.5. The molecule has 1 aliphatic rings. The molecule has 1 amide bonds. The molecule has 0 radical (unpaired) electrons. The Morgan fingerprint density at radius 1 is 0.960 bits per heavy atom. The quantitative estimate of drug-likeness (QED) is 0.813. The van der Waals surface area contributed by atoms with Crippen LogP contribution in [0.3, 0.4) is 0 Å². The molecule has 0 bridgehead atoms. The second kappa shape index (κ2) is 9.07. The molecular formula is C21H26N2OS. The van der Waals surface area contributed by atoms with Crippen molar-refractivity contribution in [2.24, 2.45) is 0 Å². The Kier molecular flexibility index (Phi) is 6.54. The fraction of sp³-hybridized carbons (Fsp3) is 0.381. The third kappa shape index (κ3) is 5.35. The Balaban J connectivity index is 1.49. The lowest BCUT2D eigenvalue weighted by Crippen LogP contribution is -2.22. The molecule has 2 aromatic rings. The maximum absolute atomic E-state index is 12.3. The van der Waals surface area contributed by atoms with Crippen molar-refractivity contribution in [3.05, 3.63) is 70.8 Å². The highest BCUT2D eigenvalue weighted by Crippen LogP contribution is 2.14. The number of rotatable bonds is 7. The summed E-state index contributed by atoms with van der Waals surface area (Å²) in [6.45, 7) is 4.03. The van der Waals surface area contributed by atoms with Gasteiger partial charge in [-0.15, -0.1) is 0 Å². The highest BCUT2D eigenvalue weighted by Gasteiger charge is 2.11. The normalized spacial score (nSPS) is 14.6. The van der Waals surface area contributed by atoms with Crippen LogP contribution in [0.5, 0.6) is 0 Å². The van der Waals surface area contributed by atoms with Gasteiger partial charge in [-0.05, 0) is 61.0 Å². The molecule has 4 heteroatoms. The number of nitrogens with zero attached hydrogens (tertiary/aromatic N) is 1. The highest BCUT2D eigenvalue weighted by atomic mass is 32.2. The highest BCUT2D eigenvalue weighted by molar-refractivity contribution is 7.97. The minimum absolute atomic E-state index is 0.0168. The topological polar surface area (TPSA) is 32.3 Å². The van der Waals surface area contributed by atoms with Crippen molar-refractivity contribution in [3.8, 4) is 0 Å². The minimum atomic E-state index is -0.0168. The van der Waals surface area contributed by atoms with Crippen molar-refractivity contribution >= 4 is 17.7 Å². The summed E-state index contributed by atoms with van der Waals surface area (Å²) in [5.41, 5.74) is 4.45. The number of amides is 1. The van der Waals surface area contributed by atoms with E-state index in [1.807, 2.05) is 24.3 Å². The summed E-state index contributed by atoms with van der Waals surface area (Å²) in [6, 6.07) is 16.5. The number of hydrogen-bond acceptors (Lipinski definition) is 3. The first-order chi connectivity index (χ1) is 12.2. The van der Waals surface area contributed by atoms with Crippen LogP contribution in [0, 0.1) is 0 Å². The van der Waals surface area contributed by atoms with E-state index in [0.717, 1.165) is 23.4 Å². The van der Waals surface area contributed by atoms with Crippen LogP contribution in [0.1, 0.15) is 39.9 Å². The van der Waals surface area contributed by atoms with Crippen LogP contribution in [0.2, 0.25) is 0 Å². The lowest BCUT2D eigenvalue weighted by atomic mass is 10.1. The zero-order valence-electron chi connectivity index (χ0n) is 14.8.